The highest BCUT2D eigenvalue weighted by Gasteiger charge is 2.38. The fourth-order valence-corrected chi connectivity index (χ4v) is 2.72. The van der Waals surface area contributed by atoms with Crippen LogP contribution in [-0.4, -0.2) is 43.2 Å². The number of hydrogen-bond donors (Lipinski definition) is 2. The first kappa shape index (κ1) is 17.7. The van der Waals surface area contributed by atoms with Gasteiger partial charge < -0.3 is 15.3 Å². The van der Waals surface area contributed by atoms with Gasteiger partial charge in [0.2, 0.25) is 0 Å². The predicted molar refractivity (Wildman–Crippen MR) is 86.4 cm³/mol. The molecule has 1 atom stereocenters. The molecule has 4 heteroatoms. The first-order valence-corrected chi connectivity index (χ1v) is 7.38. The van der Waals surface area contributed by atoms with Crippen LogP contribution in [0.25, 0.3) is 0 Å². The minimum Gasteiger partial charge on any atom is -0.480 e. The second-order valence-corrected chi connectivity index (χ2v) is 6.87. The summed E-state index contributed by atoms with van der Waals surface area (Å²) in [6, 6.07) is 9.40. The van der Waals surface area contributed by atoms with Crippen molar-refractivity contribution in [1.29, 1.82) is 0 Å². The molecule has 1 aromatic carbocycles. The van der Waals surface area contributed by atoms with Crippen molar-refractivity contribution in [3.63, 3.8) is 0 Å². The molecule has 21 heavy (non-hydrogen) atoms. The fourth-order valence-electron chi connectivity index (χ4n) is 2.72. The zero-order valence-electron chi connectivity index (χ0n) is 13.8. The van der Waals surface area contributed by atoms with E-state index in [0.717, 1.165) is 18.7 Å². The van der Waals surface area contributed by atoms with E-state index >= 15 is 0 Å². The van der Waals surface area contributed by atoms with Crippen molar-refractivity contribution in [2.45, 2.75) is 32.7 Å². The van der Waals surface area contributed by atoms with Crippen molar-refractivity contribution in [2.24, 2.45) is 5.41 Å². The molecule has 0 radical (unpaired) electrons. The molecular formula is C17H28N2O2. The Bertz CT molecular complexity index is 454. The van der Waals surface area contributed by atoms with Crippen LogP contribution in [0, 0.1) is 5.41 Å². The van der Waals surface area contributed by atoms with Gasteiger partial charge in [0.05, 0.1) is 0 Å². The number of nitrogens with zero attached hydrogens (tertiary/aromatic N) is 1. The van der Waals surface area contributed by atoms with E-state index in [-0.39, 0.29) is 5.41 Å². The van der Waals surface area contributed by atoms with Crippen LogP contribution in [0.15, 0.2) is 30.3 Å². The lowest BCUT2D eigenvalue weighted by Crippen LogP contribution is -2.49. The Hall–Kier alpha value is -1.39. The molecule has 1 unspecified atom stereocenters. The number of hydrogen-bond acceptors (Lipinski definition) is 3. The molecule has 0 aliphatic carbocycles. The molecule has 0 aromatic heterocycles. The van der Waals surface area contributed by atoms with Crippen LogP contribution in [0.1, 0.15) is 32.8 Å². The van der Waals surface area contributed by atoms with Crippen LogP contribution in [0.5, 0.6) is 0 Å². The number of carboxylic acid groups (broad SMARTS) is 1. The molecule has 0 spiro atoms. The van der Waals surface area contributed by atoms with E-state index in [4.69, 9.17) is 0 Å². The first-order valence-electron chi connectivity index (χ1n) is 7.38. The smallest absolute Gasteiger partial charge is 0.328 e. The maximum Gasteiger partial charge on any atom is 0.328 e. The fraction of sp³-hybridized carbons (Fsp3) is 0.588. The molecule has 0 heterocycles. The molecule has 0 fully saturated rings. The van der Waals surface area contributed by atoms with Gasteiger partial charge in [-0.3, -0.25) is 0 Å². The Labute approximate surface area is 128 Å². The quantitative estimate of drug-likeness (QED) is 0.811. The molecule has 4 nitrogen and oxygen atoms in total. The third-order valence-electron chi connectivity index (χ3n) is 3.67. The van der Waals surface area contributed by atoms with Crippen LogP contribution in [0.4, 0.5) is 0 Å². The van der Waals surface area contributed by atoms with Gasteiger partial charge in [-0.25, -0.2) is 4.79 Å². The summed E-state index contributed by atoms with van der Waals surface area (Å²) in [5.41, 5.74) is -0.0374. The summed E-state index contributed by atoms with van der Waals surface area (Å²) in [5, 5.41) is 12.8. The Balaban J connectivity index is 2.88. The second kappa shape index (κ2) is 7.05. The average Bonchev–Trinajstić information content (AvgIpc) is 2.39. The van der Waals surface area contributed by atoms with Gasteiger partial charge >= 0.3 is 5.97 Å². The lowest BCUT2D eigenvalue weighted by atomic mass is 9.86. The minimum absolute atomic E-state index is 0.201. The van der Waals surface area contributed by atoms with Gasteiger partial charge in [0.15, 0.2) is 0 Å². The van der Waals surface area contributed by atoms with E-state index < -0.39 is 11.5 Å². The maximum absolute atomic E-state index is 11.9. The van der Waals surface area contributed by atoms with E-state index in [2.05, 4.69) is 31.0 Å². The second-order valence-electron chi connectivity index (χ2n) is 6.87. The number of nitrogens with one attached hydrogen (secondary N) is 1. The largest absolute Gasteiger partial charge is 0.480 e. The zero-order chi connectivity index (χ0) is 16.1. The third-order valence-corrected chi connectivity index (χ3v) is 3.67. The van der Waals surface area contributed by atoms with Crippen molar-refractivity contribution >= 4 is 5.97 Å². The van der Waals surface area contributed by atoms with Gasteiger partial charge in [-0.2, -0.15) is 0 Å². The van der Waals surface area contributed by atoms with Gasteiger partial charge in [-0.1, -0.05) is 51.1 Å². The molecule has 2 N–H and O–H groups in total. The zero-order valence-corrected chi connectivity index (χ0v) is 13.8. The molecule has 1 rings (SSSR count). The molecule has 0 amide bonds. The first-order chi connectivity index (χ1) is 9.71. The molecule has 0 saturated carbocycles. The summed E-state index contributed by atoms with van der Waals surface area (Å²) in [4.78, 5) is 14.1. The number of likely N-dealkylation sites (N-methyl/N-ethyl adjacent to an activating group) is 1. The highest BCUT2D eigenvalue weighted by atomic mass is 16.4. The number of rotatable bonds is 7. The van der Waals surface area contributed by atoms with Gasteiger partial charge in [0.25, 0.3) is 0 Å². The van der Waals surface area contributed by atoms with E-state index in [9.17, 15) is 9.90 Å². The molecule has 0 saturated heterocycles. The highest BCUT2D eigenvalue weighted by Crippen LogP contribution is 2.26. The van der Waals surface area contributed by atoms with Gasteiger partial charge in [-0.15, -0.1) is 0 Å². The number of aliphatic carboxylic acids is 1. The van der Waals surface area contributed by atoms with Gasteiger partial charge in [-0.05, 0) is 31.5 Å². The van der Waals surface area contributed by atoms with Gasteiger partial charge in [0.1, 0.15) is 5.54 Å². The number of carboxylic acids is 1. The van der Waals surface area contributed by atoms with E-state index in [0.29, 0.717) is 6.42 Å². The van der Waals surface area contributed by atoms with E-state index in [1.165, 1.54) is 0 Å². The summed E-state index contributed by atoms with van der Waals surface area (Å²) in [7, 11) is 3.75. The van der Waals surface area contributed by atoms with Crippen LogP contribution >= 0.6 is 0 Å². The summed E-state index contributed by atoms with van der Waals surface area (Å²) >= 11 is 0. The lowest BCUT2D eigenvalue weighted by molar-refractivity contribution is -0.145. The molecule has 0 aliphatic heterocycles. The van der Waals surface area contributed by atoms with Crippen LogP contribution in [0.2, 0.25) is 0 Å². The Morgan fingerprint density at radius 3 is 2.24 bits per heavy atom. The molecule has 0 bridgehead atoms. The summed E-state index contributed by atoms with van der Waals surface area (Å²) in [5.74, 6) is -0.833. The van der Waals surface area contributed by atoms with E-state index in [1.807, 2.05) is 37.4 Å². The summed E-state index contributed by atoms with van der Waals surface area (Å²) in [6.07, 6.45) is 0.523. The molecular weight excluding hydrogens is 264 g/mol. The molecule has 0 aliphatic rings. The SMILES string of the molecule is CNC(CCN(C)CC(C)(C)C)(C(=O)O)c1ccccc1. The Morgan fingerprint density at radius 1 is 1.24 bits per heavy atom. The van der Waals surface area contributed by atoms with E-state index in [1.54, 1.807) is 7.05 Å². The van der Waals surface area contributed by atoms with Crippen molar-refractivity contribution in [3.05, 3.63) is 35.9 Å². The normalized spacial score (nSPS) is 15.0. The predicted octanol–water partition coefficient (Wildman–Crippen LogP) is 2.55. The lowest BCUT2D eigenvalue weighted by Gasteiger charge is -2.33. The summed E-state index contributed by atoms with van der Waals surface area (Å²) < 4.78 is 0. The van der Waals surface area contributed by atoms with Crippen molar-refractivity contribution in [1.82, 2.24) is 10.2 Å². The minimum atomic E-state index is -1.03. The Kier molecular flexibility index (Phi) is 5.93. The summed E-state index contributed by atoms with van der Waals surface area (Å²) in [6.45, 7) is 8.20. The average molecular weight is 292 g/mol. The molecule has 1 aromatic rings. The van der Waals surface area contributed by atoms with Crippen LogP contribution in [0.3, 0.4) is 0 Å². The topological polar surface area (TPSA) is 52.6 Å². The van der Waals surface area contributed by atoms with Crippen molar-refractivity contribution in [2.75, 3.05) is 27.2 Å². The number of benzene rings is 1. The third kappa shape index (κ3) is 4.83. The highest BCUT2D eigenvalue weighted by molar-refractivity contribution is 5.80. The molecule has 118 valence electrons. The van der Waals surface area contributed by atoms with Crippen molar-refractivity contribution in [3.8, 4) is 0 Å². The standard InChI is InChI=1S/C17H28N2O2/c1-16(2,3)13-19(5)12-11-17(18-4,15(20)21)14-9-7-6-8-10-14/h6-10,18H,11-13H2,1-5H3,(H,20,21). The van der Waals surface area contributed by atoms with Gasteiger partial charge in [0, 0.05) is 13.1 Å². The van der Waals surface area contributed by atoms with Crippen LogP contribution in [-0.2, 0) is 10.3 Å². The Morgan fingerprint density at radius 2 is 1.81 bits per heavy atom. The number of carbonyl (C=O) groups is 1. The van der Waals surface area contributed by atoms with Crippen LogP contribution < -0.4 is 5.32 Å². The van der Waals surface area contributed by atoms with Crippen molar-refractivity contribution < 1.29 is 9.90 Å². The maximum atomic E-state index is 11.9. The monoisotopic (exact) mass is 292 g/mol.